The number of carbonyl (C=O) groups is 1. The third-order valence-electron chi connectivity index (χ3n) is 3.75. The van der Waals surface area contributed by atoms with Crippen LogP contribution in [0.2, 0.25) is 0 Å². The zero-order chi connectivity index (χ0) is 18.2. The number of benzene rings is 1. The molecule has 2 aromatic rings. The smallest absolute Gasteiger partial charge is 0.411 e. The van der Waals surface area contributed by atoms with Crippen LogP contribution < -0.4 is 38.5 Å². The number of hydrogen-bond donors (Lipinski definition) is 3. The van der Waals surface area contributed by atoms with Crippen molar-refractivity contribution in [3.8, 4) is 5.75 Å². The summed E-state index contributed by atoms with van der Waals surface area (Å²) in [5, 5.41) is 5.88. The molecule has 0 bridgehead atoms. The first-order chi connectivity index (χ1) is 12.1. The van der Waals surface area contributed by atoms with E-state index in [1.165, 1.54) is 11.1 Å². The number of aromatic amines is 1. The average Bonchev–Trinajstić information content (AvgIpc) is 2.62. The van der Waals surface area contributed by atoms with Gasteiger partial charge in [0.2, 0.25) is 11.6 Å². The lowest BCUT2D eigenvalue weighted by Crippen LogP contribution is -3.00. The van der Waals surface area contributed by atoms with E-state index in [2.05, 4.69) is 22.5 Å². The second kappa shape index (κ2) is 10.4. The Morgan fingerprint density at radius 3 is 2.58 bits per heavy atom. The van der Waals surface area contributed by atoms with Gasteiger partial charge in [0.25, 0.3) is 0 Å². The Kier molecular flexibility index (Phi) is 8.51. The number of nitrogen functional groups attached to an aromatic ring is 1. The zero-order valence-electron chi connectivity index (χ0n) is 15.2. The molecule has 1 heterocycles. The van der Waals surface area contributed by atoms with Gasteiger partial charge in [0, 0.05) is 6.07 Å². The van der Waals surface area contributed by atoms with Crippen LogP contribution in [0.3, 0.4) is 0 Å². The van der Waals surface area contributed by atoms with Crippen molar-refractivity contribution < 1.29 is 31.7 Å². The number of ether oxygens (including phenoxy) is 2. The Labute approximate surface area is 159 Å². The van der Waals surface area contributed by atoms with E-state index >= 15 is 0 Å². The standard InChI is InChI=1S/C18H24N4O3.ClH/c1-4-12-10-14(24-3)7-6-13(12)11-20-16-9-8-15(17(19)22-16)21-18(23)25-5-2;/h6-10H,4-5,11H2,1-3H3,(H,21,23)(H3,19,20,22);1H. The number of aromatic nitrogens is 1. The average molecular weight is 381 g/mol. The van der Waals surface area contributed by atoms with Crippen LogP contribution in [0.15, 0.2) is 30.3 Å². The minimum atomic E-state index is -0.533. The van der Waals surface area contributed by atoms with Crippen molar-refractivity contribution in [3.63, 3.8) is 0 Å². The van der Waals surface area contributed by atoms with Crippen molar-refractivity contribution in [2.75, 3.05) is 30.1 Å². The van der Waals surface area contributed by atoms with Crippen molar-refractivity contribution in [1.82, 2.24) is 0 Å². The highest BCUT2D eigenvalue weighted by molar-refractivity contribution is 5.87. The van der Waals surface area contributed by atoms with E-state index in [1.807, 2.05) is 24.3 Å². The summed E-state index contributed by atoms with van der Waals surface area (Å²) in [5.41, 5.74) is 8.83. The minimum Gasteiger partial charge on any atom is -1.00 e. The molecule has 0 saturated heterocycles. The maximum atomic E-state index is 11.5. The highest BCUT2D eigenvalue weighted by Gasteiger charge is 2.11. The van der Waals surface area contributed by atoms with Crippen LogP contribution in [0.1, 0.15) is 25.0 Å². The number of amides is 1. The highest BCUT2D eigenvalue weighted by atomic mass is 35.5. The van der Waals surface area contributed by atoms with Gasteiger partial charge in [-0.05, 0) is 42.7 Å². The summed E-state index contributed by atoms with van der Waals surface area (Å²) in [6.07, 6.45) is 0.386. The number of methoxy groups -OCH3 is 1. The summed E-state index contributed by atoms with van der Waals surface area (Å²) in [5.74, 6) is 1.96. The molecule has 0 aliphatic carbocycles. The van der Waals surface area contributed by atoms with E-state index in [9.17, 15) is 4.79 Å². The molecule has 0 radical (unpaired) electrons. The van der Waals surface area contributed by atoms with E-state index in [0.717, 1.165) is 18.0 Å². The van der Waals surface area contributed by atoms with Crippen molar-refractivity contribution >= 4 is 23.4 Å². The summed E-state index contributed by atoms with van der Waals surface area (Å²) in [6.45, 7) is 4.80. The van der Waals surface area contributed by atoms with Gasteiger partial charge in [-0.15, -0.1) is 0 Å². The third-order valence-corrected chi connectivity index (χ3v) is 3.75. The summed E-state index contributed by atoms with van der Waals surface area (Å²) >= 11 is 0. The van der Waals surface area contributed by atoms with Gasteiger partial charge in [-0.2, -0.15) is 0 Å². The third kappa shape index (κ3) is 5.70. The van der Waals surface area contributed by atoms with Crippen LogP contribution in [-0.4, -0.2) is 19.8 Å². The van der Waals surface area contributed by atoms with E-state index in [4.69, 9.17) is 15.2 Å². The Hall–Kier alpha value is -2.67. The van der Waals surface area contributed by atoms with Crippen molar-refractivity contribution in [2.45, 2.75) is 26.8 Å². The molecule has 8 heteroatoms. The van der Waals surface area contributed by atoms with E-state index in [1.54, 1.807) is 20.1 Å². The first-order valence-electron chi connectivity index (χ1n) is 8.22. The molecule has 142 valence electrons. The van der Waals surface area contributed by atoms with Crippen LogP contribution in [-0.2, 0) is 17.7 Å². The first kappa shape index (κ1) is 21.4. The highest BCUT2D eigenvalue weighted by Crippen LogP contribution is 2.20. The van der Waals surface area contributed by atoms with Crippen molar-refractivity contribution in [1.29, 1.82) is 0 Å². The number of H-pyrrole nitrogens is 1. The van der Waals surface area contributed by atoms with Gasteiger partial charge in [0.05, 0.1) is 20.3 Å². The molecule has 26 heavy (non-hydrogen) atoms. The SMILES string of the molecule is CCOC(=O)Nc1ccc(NCc2ccc(OC)cc2CC)[nH+]c1N.[Cl-]. The lowest BCUT2D eigenvalue weighted by Gasteiger charge is -2.10. The largest absolute Gasteiger partial charge is 1.00 e. The number of carbonyl (C=O) groups excluding carboxylic acids is 1. The Morgan fingerprint density at radius 1 is 1.19 bits per heavy atom. The topological polar surface area (TPSA) is 99.8 Å². The summed E-state index contributed by atoms with van der Waals surface area (Å²) in [7, 11) is 1.66. The predicted octanol–water partition coefficient (Wildman–Crippen LogP) is -0.162. The number of hydrogen-bond acceptors (Lipinski definition) is 5. The number of anilines is 3. The number of nitrogens with one attached hydrogen (secondary N) is 3. The molecule has 0 aliphatic rings. The summed E-state index contributed by atoms with van der Waals surface area (Å²) in [4.78, 5) is 14.5. The fourth-order valence-corrected chi connectivity index (χ4v) is 2.42. The molecule has 0 spiro atoms. The Balaban J connectivity index is 0.00000338. The summed E-state index contributed by atoms with van der Waals surface area (Å²) < 4.78 is 10.1. The molecule has 5 N–H and O–H groups in total. The molecule has 0 fully saturated rings. The Bertz CT molecular complexity index is 740. The predicted molar refractivity (Wildman–Crippen MR) is 97.8 cm³/mol. The first-order valence-corrected chi connectivity index (χ1v) is 8.22. The molecule has 0 aliphatic heterocycles. The minimum absolute atomic E-state index is 0. The van der Waals surface area contributed by atoms with Gasteiger partial charge in [-0.25, -0.2) is 9.78 Å². The van der Waals surface area contributed by atoms with Crippen LogP contribution >= 0.6 is 0 Å². The van der Waals surface area contributed by atoms with Crippen molar-refractivity contribution in [2.24, 2.45) is 0 Å². The van der Waals surface area contributed by atoms with Gasteiger partial charge in [-0.1, -0.05) is 13.0 Å². The normalized spacial score (nSPS) is 9.81. The number of pyridine rings is 1. The van der Waals surface area contributed by atoms with Crippen LogP contribution in [0.4, 0.5) is 22.1 Å². The number of halogens is 1. The molecule has 1 aromatic carbocycles. The van der Waals surface area contributed by atoms with Gasteiger partial charge >= 0.3 is 6.09 Å². The molecule has 1 aromatic heterocycles. The number of nitrogens with two attached hydrogens (primary N) is 1. The molecule has 7 nitrogen and oxygen atoms in total. The lowest BCUT2D eigenvalue weighted by molar-refractivity contribution is -0.342. The van der Waals surface area contributed by atoms with E-state index in [0.29, 0.717) is 24.7 Å². The molecular weight excluding hydrogens is 356 g/mol. The maximum absolute atomic E-state index is 11.5. The monoisotopic (exact) mass is 380 g/mol. The second-order valence-electron chi connectivity index (χ2n) is 5.39. The van der Waals surface area contributed by atoms with Gasteiger partial charge in [0.1, 0.15) is 11.4 Å². The van der Waals surface area contributed by atoms with E-state index < -0.39 is 6.09 Å². The molecule has 0 unspecified atom stereocenters. The van der Waals surface area contributed by atoms with Crippen LogP contribution in [0.5, 0.6) is 5.75 Å². The summed E-state index contributed by atoms with van der Waals surface area (Å²) in [6, 6.07) is 9.57. The number of aryl methyl sites for hydroxylation is 1. The van der Waals surface area contributed by atoms with Gasteiger partial charge < -0.3 is 32.9 Å². The second-order valence-corrected chi connectivity index (χ2v) is 5.39. The fourth-order valence-electron chi connectivity index (χ4n) is 2.42. The lowest BCUT2D eigenvalue weighted by atomic mass is 10.0. The molecule has 1 amide bonds. The van der Waals surface area contributed by atoms with Crippen LogP contribution in [0, 0.1) is 0 Å². The molecule has 0 atom stereocenters. The van der Waals surface area contributed by atoms with E-state index in [-0.39, 0.29) is 12.4 Å². The molecule has 0 saturated carbocycles. The van der Waals surface area contributed by atoms with Crippen molar-refractivity contribution in [3.05, 3.63) is 41.5 Å². The zero-order valence-corrected chi connectivity index (χ0v) is 15.9. The molecule has 2 rings (SSSR count). The quantitative estimate of drug-likeness (QED) is 0.619. The van der Waals surface area contributed by atoms with Gasteiger partial charge in [0.15, 0.2) is 0 Å². The fraction of sp³-hybridized carbons (Fsp3) is 0.333. The Morgan fingerprint density at radius 2 is 1.96 bits per heavy atom. The maximum Gasteiger partial charge on any atom is 0.411 e. The van der Waals surface area contributed by atoms with Crippen LogP contribution in [0.25, 0.3) is 0 Å². The molecular formula is C18H25ClN4O3. The number of rotatable bonds is 7. The van der Waals surface area contributed by atoms with Gasteiger partial charge in [-0.3, -0.25) is 5.32 Å².